The lowest BCUT2D eigenvalue weighted by atomic mass is 10.0. The molecule has 0 bridgehead atoms. The van der Waals surface area contributed by atoms with Crippen LogP contribution >= 0.6 is 11.6 Å². The van der Waals surface area contributed by atoms with Gasteiger partial charge in [-0.2, -0.15) is 0 Å². The second-order valence-electron chi connectivity index (χ2n) is 7.99. The van der Waals surface area contributed by atoms with E-state index in [-0.39, 0.29) is 41.4 Å². The third-order valence-corrected chi connectivity index (χ3v) is 5.86. The molecule has 0 unspecified atom stereocenters. The first-order valence-electron chi connectivity index (χ1n) is 11.2. The standard InChI is InChI=1S/C27H27ClF2N2O2/c1-2-15-31-27(34)25(16-19-9-4-3-5-10-19)32(18-20-11-6-7-13-23(20)29)26(33)17-21-22(28)12-8-14-24(21)30/h3-14,25H,2,15-18H2,1H3,(H,31,34)/t25-/m0/s1. The molecule has 0 spiro atoms. The molecule has 3 aromatic carbocycles. The highest BCUT2D eigenvalue weighted by Crippen LogP contribution is 2.23. The molecule has 0 heterocycles. The number of halogens is 3. The number of hydrogen-bond donors (Lipinski definition) is 1. The lowest BCUT2D eigenvalue weighted by Crippen LogP contribution is -2.51. The highest BCUT2D eigenvalue weighted by atomic mass is 35.5. The van der Waals surface area contributed by atoms with Crippen molar-refractivity contribution in [1.29, 1.82) is 0 Å². The van der Waals surface area contributed by atoms with Gasteiger partial charge in [-0.1, -0.05) is 73.1 Å². The Morgan fingerprint density at radius 3 is 2.29 bits per heavy atom. The van der Waals surface area contributed by atoms with E-state index >= 15 is 0 Å². The van der Waals surface area contributed by atoms with Crippen LogP contribution in [0.1, 0.15) is 30.0 Å². The molecule has 0 saturated carbocycles. The molecular formula is C27H27ClF2N2O2. The van der Waals surface area contributed by atoms with Crippen LogP contribution in [0.15, 0.2) is 72.8 Å². The van der Waals surface area contributed by atoms with Gasteiger partial charge in [0.05, 0.1) is 6.42 Å². The van der Waals surface area contributed by atoms with E-state index in [2.05, 4.69) is 5.32 Å². The zero-order chi connectivity index (χ0) is 24.5. The van der Waals surface area contributed by atoms with E-state index < -0.39 is 23.6 Å². The summed E-state index contributed by atoms with van der Waals surface area (Å²) in [6, 6.07) is 18.6. The minimum atomic E-state index is -0.924. The second kappa shape index (κ2) is 12.3. The molecule has 7 heteroatoms. The largest absolute Gasteiger partial charge is 0.354 e. The van der Waals surface area contributed by atoms with E-state index in [0.29, 0.717) is 6.54 Å². The summed E-state index contributed by atoms with van der Waals surface area (Å²) < 4.78 is 29.0. The molecule has 1 N–H and O–H groups in total. The zero-order valence-electron chi connectivity index (χ0n) is 18.9. The van der Waals surface area contributed by atoms with E-state index in [1.54, 1.807) is 18.2 Å². The first-order chi connectivity index (χ1) is 16.4. The van der Waals surface area contributed by atoms with Crippen LogP contribution in [0.3, 0.4) is 0 Å². The van der Waals surface area contributed by atoms with Gasteiger partial charge >= 0.3 is 0 Å². The van der Waals surface area contributed by atoms with Crippen molar-refractivity contribution in [3.05, 3.63) is 106 Å². The van der Waals surface area contributed by atoms with Gasteiger partial charge in [0.25, 0.3) is 0 Å². The number of carbonyl (C=O) groups excluding carboxylic acids is 2. The SMILES string of the molecule is CCCNC(=O)[C@H](Cc1ccccc1)N(Cc1ccccc1F)C(=O)Cc1c(F)cccc1Cl. The summed E-state index contributed by atoms with van der Waals surface area (Å²) >= 11 is 6.15. The average molecular weight is 485 g/mol. The molecular weight excluding hydrogens is 458 g/mol. The van der Waals surface area contributed by atoms with Crippen molar-refractivity contribution < 1.29 is 18.4 Å². The van der Waals surface area contributed by atoms with E-state index in [1.165, 1.54) is 29.2 Å². The van der Waals surface area contributed by atoms with Gasteiger partial charge in [0.15, 0.2) is 0 Å². The minimum Gasteiger partial charge on any atom is -0.354 e. The minimum absolute atomic E-state index is 0.0418. The molecule has 2 amide bonds. The molecule has 0 aliphatic carbocycles. The smallest absolute Gasteiger partial charge is 0.243 e. The van der Waals surface area contributed by atoms with Crippen LogP contribution in [0.25, 0.3) is 0 Å². The quantitative estimate of drug-likeness (QED) is 0.423. The Balaban J connectivity index is 2.00. The molecule has 0 aliphatic rings. The number of amides is 2. The van der Waals surface area contributed by atoms with Gasteiger partial charge in [-0.25, -0.2) is 8.78 Å². The summed E-state index contributed by atoms with van der Waals surface area (Å²) in [6.07, 6.45) is 0.587. The highest BCUT2D eigenvalue weighted by Gasteiger charge is 2.31. The summed E-state index contributed by atoms with van der Waals surface area (Å²) in [7, 11) is 0. The van der Waals surface area contributed by atoms with Gasteiger partial charge in [-0.15, -0.1) is 0 Å². The van der Waals surface area contributed by atoms with Gasteiger partial charge in [0.1, 0.15) is 17.7 Å². The number of rotatable bonds is 10. The van der Waals surface area contributed by atoms with Crippen molar-refractivity contribution >= 4 is 23.4 Å². The summed E-state index contributed by atoms with van der Waals surface area (Å²) in [4.78, 5) is 28.1. The average Bonchev–Trinajstić information content (AvgIpc) is 2.83. The fourth-order valence-electron chi connectivity index (χ4n) is 3.68. The fraction of sp³-hybridized carbons (Fsp3) is 0.259. The number of carbonyl (C=O) groups is 2. The van der Waals surface area contributed by atoms with Gasteiger partial charge in [0, 0.05) is 35.7 Å². The Kier molecular flexibility index (Phi) is 9.16. The van der Waals surface area contributed by atoms with E-state index in [4.69, 9.17) is 11.6 Å². The van der Waals surface area contributed by atoms with Gasteiger partial charge < -0.3 is 10.2 Å². The fourth-order valence-corrected chi connectivity index (χ4v) is 3.91. The number of hydrogen-bond acceptors (Lipinski definition) is 2. The maximum Gasteiger partial charge on any atom is 0.243 e. The Bertz CT molecular complexity index is 1100. The highest BCUT2D eigenvalue weighted by molar-refractivity contribution is 6.31. The molecule has 3 rings (SSSR count). The topological polar surface area (TPSA) is 49.4 Å². The Labute approximate surface area is 203 Å². The summed E-state index contributed by atoms with van der Waals surface area (Å²) in [6.45, 7) is 2.22. The van der Waals surface area contributed by atoms with Crippen molar-refractivity contribution in [2.24, 2.45) is 0 Å². The molecule has 4 nitrogen and oxygen atoms in total. The number of nitrogens with one attached hydrogen (secondary N) is 1. The number of nitrogens with zero attached hydrogens (tertiary/aromatic N) is 1. The third-order valence-electron chi connectivity index (χ3n) is 5.51. The van der Waals surface area contributed by atoms with Crippen LogP contribution in [0.5, 0.6) is 0 Å². The van der Waals surface area contributed by atoms with Crippen LogP contribution in [-0.2, 0) is 29.0 Å². The normalized spacial score (nSPS) is 11.6. The van der Waals surface area contributed by atoms with Crippen molar-refractivity contribution in [2.45, 2.75) is 38.8 Å². The van der Waals surface area contributed by atoms with Crippen molar-refractivity contribution in [1.82, 2.24) is 10.2 Å². The van der Waals surface area contributed by atoms with Crippen molar-refractivity contribution in [3.63, 3.8) is 0 Å². The first-order valence-corrected chi connectivity index (χ1v) is 11.6. The Hall–Kier alpha value is -3.25. The van der Waals surface area contributed by atoms with E-state index in [9.17, 15) is 18.4 Å². The van der Waals surface area contributed by atoms with Gasteiger partial charge in [-0.05, 0) is 30.2 Å². The van der Waals surface area contributed by atoms with Crippen LogP contribution in [0, 0.1) is 11.6 Å². The van der Waals surface area contributed by atoms with Crippen LogP contribution in [-0.4, -0.2) is 29.3 Å². The maximum atomic E-state index is 14.5. The summed E-state index contributed by atoms with van der Waals surface area (Å²) in [5, 5.41) is 2.97. The maximum absolute atomic E-state index is 14.5. The molecule has 0 saturated heterocycles. The monoisotopic (exact) mass is 484 g/mol. The molecule has 0 fully saturated rings. The molecule has 3 aromatic rings. The van der Waals surface area contributed by atoms with E-state index in [1.807, 2.05) is 37.3 Å². The van der Waals surface area contributed by atoms with Crippen LogP contribution < -0.4 is 5.32 Å². The predicted octanol–water partition coefficient (Wildman–Crippen LogP) is 5.33. The molecule has 178 valence electrons. The van der Waals surface area contributed by atoms with Crippen molar-refractivity contribution in [2.75, 3.05) is 6.54 Å². The summed E-state index contributed by atoms with van der Waals surface area (Å²) in [5.74, 6) is -1.98. The lowest BCUT2D eigenvalue weighted by Gasteiger charge is -2.32. The van der Waals surface area contributed by atoms with Gasteiger partial charge in [-0.3, -0.25) is 9.59 Å². The Morgan fingerprint density at radius 2 is 1.62 bits per heavy atom. The molecule has 0 aromatic heterocycles. The molecule has 1 atom stereocenters. The molecule has 34 heavy (non-hydrogen) atoms. The predicted molar refractivity (Wildman–Crippen MR) is 129 cm³/mol. The molecule has 0 aliphatic heterocycles. The lowest BCUT2D eigenvalue weighted by molar-refractivity contribution is -0.140. The van der Waals surface area contributed by atoms with Crippen LogP contribution in [0.4, 0.5) is 8.78 Å². The first kappa shape index (κ1) is 25.4. The van der Waals surface area contributed by atoms with Crippen LogP contribution in [0.2, 0.25) is 5.02 Å². The Morgan fingerprint density at radius 1 is 0.941 bits per heavy atom. The second-order valence-corrected chi connectivity index (χ2v) is 8.39. The summed E-state index contributed by atoms with van der Waals surface area (Å²) in [5.41, 5.74) is 1.14. The van der Waals surface area contributed by atoms with Crippen molar-refractivity contribution in [3.8, 4) is 0 Å². The zero-order valence-corrected chi connectivity index (χ0v) is 19.7. The third kappa shape index (κ3) is 6.64. The molecule has 0 radical (unpaired) electrons. The van der Waals surface area contributed by atoms with Gasteiger partial charge in [0.2, 0.25) is 11.8 Å². The number of benzene rings is 3. The van der Waals surface area contributed by atoms with E-state index in [0.717, 1.165) is 12.0 Å².